The van der Waals surface area contributed by atoms with Gasteiger partial charge in [0, 0.05) is 23.7 Å². The average molecular weight is 491 g/mol. The lowest BCUT2D eigenvalue weighted by molar-refractivity contribution is -0.113. The number of nitrogens with one attached hydrogen (secondary N) is 1. The van der Waals surface area contributed by atoms with E-state index in [0.717, 1.165) is 9.21 Å². The molecule has 1 N–H and O–H groups in total. The van der Waals surface area contributed by atoms with E-state index in [4.69, 9.17) is 16.3 Å². The first-order chi connectivity index (χ1) is 14.2. The predicted octanol–water partition coefficient (Wildman–Crippen LogP) is 5.09. The molecule has 30 heavy (non-hydrogen) atoms. The molecule has 166 valence electrons. The number of hydrogen-bond donors (Lipinski definition) is 1. The fourth-order valence-electron chi connectivity index (χ4n) is 2.70. The van der Waals surface area contributed by atoms with Crippen molar-refractivity contribution < 1.29 is 17.9 Å². The number of halogens is 1. The fraction of sp³-hybridized carbons (Fsp3) is 0.450. The highest BCUT2D eigenvalue weighted by Gasteiger charge is 2.23. The Morgan fingerprint density at radius 1 is 1.23 bits per heavy atom. The average Bonchev–Trinajstić information content (AvgIpc) is 3.08. The molecule has 0 radical (unpaired) electrons. The molecule has 0 unspecified atom stereocenters. The maximum atomic E-state index is 12.9. The molecule has 0 bridgehead atoms. The van der Waals surface area contributed by atoms with Gasteiger partial charge in [0.25, 0.3) is 0 Å². The van der Waals surface area contributed by atoms with E-state index in [9.17, 15) is 13.2 Å². The number of ether oxygens (including phenoxy) is 1. The molecule has 0 saturated heterocycles. The number of thiophene rings is 1. The van der Waals surface area contributed by atoms with Gasteiger partial charge in [-0.2, -0.15) is 4.31 Å². The van der Waals surface area contributed by atoms with E-state index in [-0.39, 0.29) is 22.7 Å². The maximum absolute atomic E-state index is 12.9. The molecule has 6 nitrogen and oxygen atoms in total. The van der Waals surface area contributed by atoms with Crippen molar-refractivity contribution in [2.45, 2.75) is 44.4 Å². The summed E-state index contributed by atoms with van der Waals surface area (Å²) in [5.41, 5.74) is 0.349. The van der Waals surface area contributed by atoms with Crippen molar-refractivity contribution in [3.05, 3.63) is 39.5 Å². The smallest absolute Gasteiger partial charge is 0.243 e. The van der Waals surface area contributed by atoms with Crippen LogP contribution in [0, 0.1) is 0 Å². The molecule has 0 saturated carbocycles. The number of hydrogen-bond acceptors (Lipinski definition) is 6. The second kappa shape index (κ2) is 11.4. The zero-order valence-corrected chi connectivity index (χ0v) is 20.7. The third kappa shape index (κ3) is 6.88. The van der Waals surface area contributed by atoms with Gasteiger partial charge in [0.15, 0.2) is 0 Å². The largest absolute Gasteiger partial charge is 0.489 e. The second-order valence-corrected chi connectivity index (χ2v) is 11.4. The van der Waals surface area contributed by atoms with Crippen LogP contribution in [0.4, 0.5) is 5.69 Å². The zero-order chi connectivity index (χ0) is 22.3. The third-order valence-corrected chi connectivity index (χ3v) is 8.48. The summed E-state index contributed by atoms with van der Waals surface area (Å²) in [7, 11) is -3.65. The minimum Gasteiger partial charge on any atom is -0.489 e. The van der Waals surface area contributed by atoms with Crippen molar-refractivity contribution in [1.82, 2.24) is 4.31 Å². The van der Waals surface area contributed by atoms with E-state index in [1.165, 1.54) is 39.5 Å². The van der Waals surface area contributed by atoms with E-state index >= 15 is 0 Å². The second-order valence-electron chi connectivity index (χ2n) is 6.66. The molecule has 1 amide bonds. The minimum atomic E-state index is -3.65. The Labute approximate surface area is 192 Å². The van der Waals surface area contributed by atoms with Crippen molar-refractivity contribution in [2.24, 2.45) is 0 Å². The summed E-state index contributed by atoms with van der Waals surface area (Å²) in [6, 6.07) is 8.34. The summed E-state index contributed by atoms with van der Waals surface area (Å²) >= 11 is 8.87. The number of benzene rings is 1. The quantitative estimate of drug-likeness (QED) is 0.474. The van der Waals surface area contributed by atoms with Gasteiger partial charge in [-0.15, -0.1) is 23.1 Å². The Morgan fingerprint density at radius 3 is 2.50 bits per heavy atom. The lowest BCUT2D eigenvalue weighted by Gasteiger charge is -2.20. The number of thioether (sulfide) groups is 1. The molecule has 0 aliphatic heterocycles. The van der Waals surface area contributed by atoms with Crippen molar-refractivity contribution in [1.29, 1.82) is 0 Å². The molecule has 0 atom stereocenters. The number of amides is 1. The summed E-state index contributed by atoms with van der Waals surface area (Å²) in [5, 5.41) is 2.80. The van der Waals surface area contributed by atoms with Crippen LogP contribution < -0.4 is 10.1 Å². The fourth-order valence-corrected chi connectivity index (χ4v) is 6.21. The van der Waals surface area contributed by atoms with Crippen LogP contribution in [0.1, 0.15) is 32.6 Å². The van der Waals surface area contributed by atoms with Crippen molar-refractivity contribution in [3.63, 3.8) is 0 Å². The molecular formula is C20H27ClN2O4S3. The van der Waals surface area contributed by atoms with Crippen molar-refractivity contribution in [3.8, 4) is 5.75 Å². The van der Waals surface area contributed by atoms with Crippen LogP contribution in [-0.2, 0) is 20.6 Å². The Balaban J connectivity index is 2.17. The molecule has 2 rings (SSSR count). The summed E-state index contributed by atoms with van der Waals surface area (Å²) in [6.45, 7) is 8.06. The van der Waals surface area contributed by atoms with Gasteiger partial charge in [-0.05, 0) is 44.2 Å². The van der Waals surface area contributed by atoms with Gasteiger partial charge in [-0.25, -0.2) is 8.42 Å². The van der Waals surface area contributed by atoms with Crippen LogP contribution in [-0.4, -0.2) is 43.6 Å². The van der Waals surface area contributed by atoms with Crippen LogP contribution in [0.15, 0.2) is 35.2 Å². The molecule has 1 heterocycles. The van der Waals surface area contributed by atoms with E-state index in [0.29, 0.717) is 30.3 Å². The number of nitrogens with zero attached hydrogens (tertiary/aromatic N) is 1. The Bertz CT molecular complexity index is 957. The van der Waals surface area contributed by atoms with E-state index < -0.39 is 10.0 Å². The van der Waals surface area contributed by atoms with Crippen LogP contribution in [0.25, 0.3) is 0 Å². The normalized spacial score (nSPS) is 11.8. The molecule has 1 aromatic heterocycles. The van der Waals surface area contributed by atoms with Crippen LogP contribution in [0.5, 0.6) is 5.75 Å². The zero-order valence-electron chi connectivity index (χ0n) is 17.5. The molecular weight excluding hydrogens is 464 g/mol. The van der Waals surface area contributed by atoms with Crippen LogP contribution in [0.2, 0.25) is 4.34 Å². The monoisotopic (exact) mass is 490 g/mol. The van der Waals surface area contributed by atoms with Gasteiger partial charge in [0.1, 0.15) is 5.75 Å². The van der Waals surface area contributed by atoms with E-state index in [2.05, 4.69) is 5.32 Å². The first-order valence-electron chi connectivity index (χ1n) is 9.60. The summed E-state index contributed by atoms with van der Waals surface area (Å²) in [4.78, 5) is 13.7. The first-order valence-corrected chi connectivity index (χ1v) is 13.4. The van der Waals surface area contributed by atoms with Gasteiger partial charge in [0.2, 0.25) is 15.9 Å². The molecule has 10 heteroatoms. The molecule has 1 aromatic carbocycles. The van der Waals surface area contributed by atoms with Crippen molar-refractivity contribution >= 4 is 56.3 Å². The summed E-state index contributed by atoms with van der Waals surface area (Å²) in [6.07, 6.45) is -0.121. The summed E-state index contributed by atoms with van der Waals surface area (Å²) in [5.74, 6) is 1.11. The number of rotatable bonds is 11. The molecule has 0 aliphatic carbocycles. The molecule has 0 spiro atoms. The highest BCUT2D eigenvalue weighted by molar-refractivity contribution is 7.99. The van der Waals surface area contributed by atoms with E-state index in [1.807, 2.05) is 26.0 Å². The molecule has 0 aliphatic rings. The van der Waals surface area contributed by atoms with Gasteiger partial charge >= 0.3 is 0 Å². The van der Waals surface area contributed by atoms with Crippen LogP contribution >= 0.6 is 34.7 Å². The SMILES string of the molecule is CCN(CC)S(=O)(=O)c1ccc(OC(C)C)c(NC(=O)CSCc2ccc(Cl)s2)c1. The predicted molar refractivity (Wildman–Crippen MR) is 126 cm³/mol. The van der Waals surface area contributed by atoms with Gasteiger partial charge in [-0.1, -0.05) is 25.4 Å². The summed E-state index contributed by atoms with van der Waals surface area (Å²) < 4.78 is 33.6. The Morgan fingerprint density at radius 2 is 1.93 bits per heavy atom. The highest BCUT2D eigenvalue weighted by atomic mass is 35.5. The Kier molecular flexibility index (Phi) is 9.49. The minimum absolute atomic E-state index is 0.121. The standard InChI is InChI=1S/C20H27ClN2O4S3/c1-5-23(6-2)30(25,26)16-8-9-18(27-14(3)4)17(11-16)22-20(24)13-28-12-15-7-10-19(21)29-15/h7-11,14H,5-6,12-13H2,1-4H3,(H,22,24). The maximum Gasteiger partial charge on any atom is 0.243 e. The first kappa shape index (κ1) is 25.0. The van der Waals surface area contributed by atoms with Crippen LogP contribution in [0.3, 0.4) is 0 Å². The van der Waals surface area contributed by atoms with Gasteiger partial charge < -0.3 is 10.1 Å². The lowest BCUT2D eigenvalue weighted by Crippen LogP contribution is -2.30. The number of sulfonamides is 1. The number of anilines is 1. The topological polar surface area (TPSA) is 75.7 Å². The van der Waals surface area contributed by atoms with E-state index in [1.54, 1.807) is 19.9 Å². The van der Waals surface area contributed by atoms with Gasteiger partial charge in [-0.3, -0.25) is 4.79 Å². The molecule has 0 fully saturated rings. The van der Waals surface area contributed by atoms with Crippen molar-refractivity contribution in [2.75, 3.05) is 24.2 Å². The Hall–Kier alpha value is -1.26. The van der Waals surface area contributed by atoms with Gasteiger partial charge in [0.05, 0.1) is 26.8 Å². The highest BCUT2D eigenvalue weighted by Crippen LogP contribution is 2.31. The number of carbonyl (C=O) groups excluding carboxylic acids is 1. The lowest BCUT2D eigenvalue weighted by atomic mass is 10.3. The third-order valence-electron chi connectivity index (χ3n) is 4.04. The number of carbonyl (C=O) groups is 1. The molecule has 2 aromatic rings.